The Labute approximate surface area is 69.2 Å². The molecule has 3 heteroatoms. The lowest BCUT2D eigenvalue weighted by Crippen LogP contribution is -1.79. The first-order chi connectivity index (χ1) is 5.81. The van der Waals surface area contributed by atoms with Crippen molar-refractivity contribution >= 4 is 11.0 Å². The molecule has 0 N–H and O–H groups in total. The van der Waals surface area contributed by atoms with Gasteiger partial charge in [-0.1, -0.05) is 0 Å². The summed E-state index contributed by atoms with van der Waals surface area (Å²) in [4.78, 5) is 3.94. The number of furan rings is 1. The zero-order valence-corrected chi connectivity index (χ0v) is 6.53. The Hall–Kier alpha value is -1.82. The van der Waals surface area contributed by atoms with Gasteiger partial charge in [0.1, 0.15) is 17.3 Å². The number of rotatable bonds is 0. The Balaban J connectivity index is 2.80. The van der Waals surface area contributed by atoms with Gasteiger partial charge >= 0.3 is 0 Å². The number of hydrogen-bond donors (Lipinski definition) is 0. The molecule has 0 radical (unpaired) electrons. The molecule has 0 bridgehead atoms. The van der Waals surface area contributed by atoms with E-state index in [4.69, 9.17) is 9.68 Å². The summed E-state index contributed by atoms with van der Waals surface area (Å²) in [6.07, 6.45) is 3.32. The van der Waals surface area contributed by atoms with E-state index in [1.54, 1.807) is 18.5 Å². The molecule has 0 aliphatic carbocycles. The highest BCUT2D eigenvalue weighted by Gasteiger charge is 2.02. The van der Waals surface area contributed by atoms with E-state index in [-0.39, 0.29) is 0 Å². The van der Waals surface area contributed by atoms with E-state index in [1.807, 2.05) is 13.0 Å². The van der Waals surface area contributed by atoms with E-state index in [2.05, 4.69) is 4.98 Å². The first-order valence-corrected chi connectivity index (χ1v) is 3.55. The number of pyridine rings is 1. The SMILES string of the molecule is Cc1coc2cc(C#N)ncc12. The Bertz CT molecular complexity index is 465. The molecule has 0 aliphatic rings. The predicted molar refractivity (Wildman–Crippen MR) is 43.5 cm³/mol. The monoisotopic (exact) mass is 158 g/mol. The van der Waals surface area contributed by atoms with Crippen molar-refractivity contribution in [3.8, 4) is 6.07 Å². The topological polar surface area (TPSA) is 49.8 Å². The molecule has 0 amide bonds. The van der Waals surface area contributed by atoms with Crippen LogP contribution in [0, 0.1) is 18.3 Å². The summed E-state index contributed by atoms with van der Waals surface area (Å²) in [7, 11) is 0. The standard InChI is InChI=1S/C9H6N2O/c1-6-5-12-9-2-7(3-10)11-4-8(6)9/h2,4-5H,1H3. The number of aromatic nitrogens is 1. The summed E-state index contributed by atoms with van der Waals surface area (Å²) in [6, 6.07) is 3.60. The summed E-state index contributed by atoms with van der Waals surface area (Å²) >= 11 is 0. The van der Waals surface area contributed by atoms with Crippen molar-refractivity contribution in [3.63, 3.8) is 0 Å². The number of hydrogen-bond acceptors (Lipinski definition) is 3. The van der Waals surface area contributed by atoms with Gasteiger partial charge in [-0.05, 0) is 12.5 Å². The minimum Gasteiger partial charge on any atom is -0.464 e. The maximum Gasteiger partial charge on any atom is 0.144 e. The lowest BCUT2D eigenvalue weighted by Gasteiger charge is -1.88. The summed E-state index contributed by atoms with van der Waals surface area (Å²) in [5, 5.41) is 9.52. The van der Waals surface area contributed by atoms with Crippen LogP contribution in [0.3, 0.4) is 0 Å². The molecule has 0 unspecified atom stereocenters. The van der Waals surface area contributed by atoms with Crippen LogP contribution in [0.1, 0.15) is 11.3 Å². The van der Waals surface area contributed by atoms with Crippen molar-refractivity contribution < 1.29 is 4.42 Å². The third-order valence-corrected chi connectivity index (χ3v) is 1.77. The summed E-state index contributed by atoms with van der Waals surface area (Å²) in [6.45, 7) is 1.94. The van der Waals surface area contributed by atoms with Gasteiger partial charge in [-0.2, -0.15) is 5.26 Å². The van der Waals surface area contributed by atoms with E-state index in [9.17, 15) is 0 Å². The quantitative estimate of drug-likeness (QED) is 0.589. The molecule has 0 fully saturated rings. The van der Waals surface area contributed by atoms with Crippen LogP contribution >= 0.6 is 0 Å². The van der Waals surface area contributed by atoms with Crippen molar-refractivity contribution in [3.05, 3.63) is 29.8 Å². The fourth-order valence-corrected chi connectivity index (χ4v) is 1.11. The van der Waals surface area contributed by atoms with Crippen molar-refractivity contribution in [2.75, 3.05) is 0 Å². The average molecular weight is 158 g/mol. The molecule has 2 heterocycles. The Kier molecular flexibility index (Phi) is 1.34. The second-order valence-corrected chi connectivity index (χ2v) is 2.60. The van der Waals surface area contributed by atoms with E-state index >= 15 is 0 Å². The van der Waals surface area contributed by atoms with Crippen molar-refractivity contribution in [2.45, 2.75) is 6.92 Å². The third kappa shape index (κ3) is 0.857. The molecule has 0 aromatic carbocycles. The molecule has 2 rings (SSSR count). The van der Waals surface area contributed by atoms with Gasteiger partial charge in [-0.25, -0.2) is 4.98 Å². The van der Waals surface area contributed by atoms with Crippen LogP contribution in [0.2, 0.25) is 0 Å². The zero-order chi connectivity index (χ0) is 8.55. The molecule has 0 saturated heterocycles. The summed E-state index contributed by atoms with van der Waals surface area (Å²) in [5.74, 6) is 0. The summed E-state index contributed by atoms with van der Waals surface area (Å²) < 4.78 is 5.20. The number of aryl methyl sites for hydroxylation is 1. The maximum atomic E-state index is 8.55. The van der Waals surface area contributed by atoms with Crippen LogP contribution in [0.4, 0.5) is 0 Å². The minimum atomic E-state index is 0.386. The molecule has 2 aromatic rings. The largest absolute Gasteiger partial charge is 0.464 e. The highest BCUT2D eigenvalue weighted by molar-refractivity contribution is 5.80. The van der Waals surface area contributed by atoms with Gasteiger partial charge in [0.15, 0.2) is 0 Å². The van der Waals surface area contributed by atoms with E-state index in [1.165, 1.54) is 0 Å². The van der Waals surface area contributed by atoms with Gasteiger partial charge in [0.05, 0.1) is 6.26 Å². The molecule has 58 valence electrons. The highest BCUT2D eigenvalue weighted by atomic mass is 16.3. The second-order valence-electron chi connectivity index (χ2n) is 2.60. The normalized spacial score (nSPS) is 10.0. The molecule has 0 atom stereocenters. The van der Waals surface area contributed by atoms with Crippen LogP contribution in [0.15, 0.2) is 22.9 Å². The Morgan fingerprint density at radius 1 is 1.58 bits per heavy atom. The first kappa shape index (κ1) is 6.86. The fourth-order valence-electron chi connectivity index (χ4n) is 1.11. The summed E-state index contributed by atoms with van der Waals surface area (Å²) in [5.41, 5.74) is 2.15. The second kappa shape index (κ2) is 2.35. The van der Waals surface area contributed by atoms with Crippen LogP contribution in [-0.2, 0) is 0 Å². The number of nitriles is 1. The predicted octanol–water partition coefficient (Wildman–Crippen LogP) is 2.01. The van der Waals surface area contributed by atoms with Crippen LogP contribution in [0.5, 0.6) is 0 Å². The van der Waals surface area contributed by atoms with Gasteiger partial charge in [0.2, 0.25) is 0 Å². The molecular formula is C9H6N2O. The van der Waals surface area contributed by atoms with Crippen molar-refractivity contribution in [1.29, 1.82) is 5.26 Å². The fraction of sp³-hybridized carbons (Fsp3) is 0.111. The van der Waals surface area contributed by atoms with Gasteiger partial charge in [-0.3, -0.25) is 0 Å². The lowest BCUT2D eigenvalue weighted by molar-refractivity contribution is 0.612. The Morgan fingerprint density at radius 3 is 3.17 bits per heavy atom. The average Bonchev–Trinajstić information content (AvgIpc) is 2.47. The van der Waals surface area contributed by atoms with Crippen molar-refractivity contribution in [1.82, 2.24) is 4.98 Å². The third-order valence-electron chi connectivity index (χ3n) is 1.77. The van der Waals surface area contributed by atoms with Gasteiger partial charge in [0.25, 0.3) is 0 Å². The molecule has 0 aliphatic heterocycles. The van der Waals surface area contributed by atoms with Crippen LogP contribution < -0.4 is 0 Å². The zero-order valence-electron chi connectivity index (χ0n) is 6.53. The first-order valence-electron chi connectivity index (χ1n) is 3.55. The van der Waals surface area contributed by atoms with Gasteiger partial charge < -0.3 is 4.42 Å². The molecule has 3 nitrogen and oxygen atoms in total. The Morgan fingerprint density at radius 2 is 2.42 bits per heavy atom. The van der Waals surface area contributed by atoms with E-state index in [0.29, 0.717) is 5.69 Å². The molecule has 12 heavy (non-hydrogen) atoms. The number of fused-ring (bicyclic) bond motifs is 1. The number of nitrogens with zero attached hydrogens (tertiary/aromatic N) is 2. The highest BCUT2D eigenvalue weighted by Crippen LogP contribution is 2.19. The smallest absolute Gasteiger partial charge is 0.144 e. The molecule has 2 aromatic heterocycles. The molecular weight excluding hydrogens is 152 g/mol. The van der Waals surface area contributed by atoms with E-state index < -0.39 is 0 Å². The van der Waals surface area contributed by atoms with Crippen LogP contribution in [-0.4, -0.2) is 4.98 Å². The lowest BCUT2D eigenvalue weighted by atomic mass is 10.2. The maximum absolute atomic E-state index is 8.55. The minimum absolute atomic E-state index is 0.386. The van der Waals surface area contributed by atoms with E-state index in [0.717, 1.165) is 16.5 Å². The van der Waals surface area contributed by atoms with Gasteiger partial charge in [-0.15, -0.1) is 0 Å². The van der Waals surface area contributed by atoms with Gasteiger partial charge in [0, 0.05) is 17.6 Å². The molecule has 0 spiro atoms. The van der Waals surface area contributed by atoms with Crippen molar-refractivity contribution in [2.24, 2.45) is 0 Å². The molecule has 0 saturated carbocycles. The van der Waals surface area contributed by atoms with Crippen LogP contribution in [0.25, 0.3) is 11.0 Å².